The van der Waals surface area contributed by atoms with Gasteiger partial charge in [-0.2, -0.15) is 0 Å². The van der Waals surface area contributed by atoms with Gasteiger partial charge in [0, 0.05) is 37.0 Å². The fraction of sp³-hybridized carbons (Fsp3) is 0.0345. The SMILES string of the molecule is Cc1cc(-c2ccc3sc4ccccc4c3c2)nc(-c2ccc(-c3ccccc3)cc2)n1. The predicted octanol–water partition coefficient (Wildman–Crippen LogP) is 8.15. The Bertz CT molecular complexity index is 1560. The number of thiophene rings is 1. The topological polar surface area (TPSA) is 25.8 Å². The highest BCUT2D eigenvalue weighted by atomic mass is 32.1. The van der Waals surface area contributed by atoms with Crippen molar-refractivity contribution < 1.29 is 0 Å². The van der Waals surface area contributed by atoms with Crippen LogP contribution >= 0.6 is 11.3 Å². The molecule has 6 aromatic rings. The molecule has 2 heterocycles. The van der Waals surface area contributed by atoms with Crippen LogP contribution in [0.25, 0.3) is 53.9 Å². The average Bonchev–Trinajstić information content (AvgIpc) is 3.22. The highest BCUT2D eigenvalue weighted by molar-refractivity contribution is 7.25. The van der Waals surface area contributed by atoms with E-state index in [1.54, 1.807) is 0 Å². The van der Waals surface area contributed by atoms with E-state index in [4.69, 9.17) is 9.97 Å². The number of rotatable bonds is 3. The van der Waals surface area contributed by atoms with E-state index in [-0.39, 0.29) is 0 Å². The van der Waals surface area contributed by atoms with Crippen molar-refractivity contribution in [1.82, 2.24) is 9.97 Å². The first-order valence-electron chi connectivity index (χ1n) is 10.7. The number of hydrogen-bond acceptors (Lipinski definition) is 3. The Labute approximate surface area is 190 Å². The number of hydrogen-bond donors (Lipinski definition) is 0. The molecule has 0 amide bonds. The van der Waals surface area contributed by atoms with Crippen LogP contribution in [0.4, 0.5) is 0 Å². The first-order valence-corrected chi connectivity index (χ1v) is 11.5. The standard InChI is InChI=1S/C29H20N2S/c1-19-17-26(23-15-16-28-25(18-23)24-9-5-6-10-27(24)32-28)31-29(30-19)22-13-11-21(12-14-22)20-7-3-2-4-8-20/h2-18H,1H3. The quantitative estimate of drug-likeness (QED) is 0.284. The first-order chi connectivity index (χ1) is 15.7. The molecule has 0 bridgehead atoms. The molecule has 3 heteroatoms. The second kappa shape index (κ2) is 7.70. The third kappa shape index (κ3) is 3.37. The minimum absolute atomic E-state index is 0.759. The van der Waals surface area contributed by atoms with Gasteiger partial charge in [-0.05, 0) is 42.3 Å². The summed E-state index contributed by atoms with van der Waals surface area (Å²) in [5.74, 6) is 0.759. The highest BCUT2D eigenvalue weighted by Gasteiger charge is 2.10. The molecule has 0 saturated carbocycles. The molecule has 0 unspecified atom stereocenters. The van der Waals surface area contributed by atoms with Crippen molar-refractivity contribution in [1.29, 1.82) is 0 Å². The zero-order valence-corrected chi connectivity index (χ0v) is 18.4. The van der Waals surface area contributed by atoms with Gasteiger partial charge >= 0.3 is 0 Å². The molecule has 0 radical (unpaired) electrons. The zero-order valence-electron chi connectivity index (χ0n) is 17.6. The maximum Gasteiger partial charge on any atom is 0.160 e. The second-order valence-electron chi connectivity index (χ2n) is 7.97. The van der Waals surface area contributed by atoms with Crippen LogP contribution in [-0.2, 0) is 0 Å². The zero-order chi connectivity index (χ0) is 21.5. The van der Waals surface area contributed by atoms with Crippen molar-refractivity contribution in [2.45, 2.75) is 6.92 Å². The Morgan fingerprint density at radius 3 is 2.03 bits per heavy atom. The normalized spacial score (nSPS) is 11.3. The fourth-order valence-corrected chi connectivity index (χ4v) is 5.26. The van der Waals surface area contributed by atoms with Crippen LogP contribution in [0, 0.1) is 6.92 Å². The van der Waals surface area contributed by atoms with Gasteiger partial charge in [0.05, 0.1) is 5.69 Å². The van der Waals surface area contributed by atoms with Crippen molar-refractivity contribution in [2.75, 3.05) is 0 Å². The van der Waals surface area contributed by atoms with Gasteiger partial charge < -0.3 is 0 Å². The lowest BCUT2D eigenvalue weighted by Gasteiger charge is -2.08. The Balaban J connectivity index is 1.42. The summed E-state index contributed by atoms with van der Waals surface area (Å²) in [4.78, 5) is 9.67. The van der Waals surface area contributed by atoms with E-state index in [1.165, 1.54) is 31.3 Å². The molecule has 2 aromatic heterocycles. The number of fused-ring (bicyclic) bond motifs is 3. The number of benzene rings is 4. The summed E-state index contributed by atoms with van der Waals surface area (Å²) >= 11 is 1.84. The molecular formula is C29H20N2S. The highest BCUT2D eigenvalue weighted by Crippen LogP contribution is 2.36. The Kier molecular flexibility index (Phi) is 4.55. The van der Waals surface area contributed by atoms with Crippen molar-refractivity contribution in [3.63, 3.8) is 0 Å². The molecule has 152 valence electrons. The summed E-state index contributed by atoms with van der Waals surface area (Å²) in [6.07, 6.45) is 0. The minimum Gasteiger partial charge on any atom is -0.233 e. The van der Waals surface area contributed by atoms with Gasteiger partial charge in [-0.25, -0.2) is 9.97 Å². The van der Waals surface area contributed by atoms with Crippen molar-refractivity contribution in [3.05, 3.63) is 109 Å². The van der Waals surface area contributed by atoms with E-state index in [0.717, 1.165) is 28.3 Å². The number of nitrogens with zero attached hydrogens (tertiary/aromatic N) is 2. The molecule has 0 spiro atoms. The van der Waals surface area contributed by atoms with Crippen LogP contribution in [0.5, 0.6) is 0 Å². The van der Waals surface area contributed by atoms with Crippen LogP contribution < -0.4 is 0 Å². The van der Waals surface area contributed by atoms with Crippen LogP contribution in [0.2, 0.25) is 0 Å². The van der Waals surface area contributed by atoms with Gasteiger partial charge in [0.25, 0.3) is 0 Å². The lowest BCUT2D eigenvalue weighted by molar-refractivity contribution is 1.12. The summed E-state index contributed by atoms with van der Waals surface area (Å²) in [5.41, 5.74) is 6.47. The van der Waals surface area contributed by atoms with Gasteiger partial charge in [-0.15, -0.1) is 11.3 Å². The lowest BCUT2D eigenvalue weighted by atomic mass is 10.0. The molecule has 0 atom stereocenters. The largest absolute Gasteiger partial charge is 0.233 e. The Hall–Kier alpha value is -3.82. The third-order valence-electron chi connectivity index (χ3n) is 5.78. The molecule has 0 fully saturated rings. The van der Waals surface area contributed by atoms with Gasteiger partial charge in [-0.3, -0.25) is 0 Å². The summed E-state index contributed by atoms with van der Waals surface area (Å²) in [5, 5.41) is 2.59. The monoisotopic (exact) mass is 428 g/mol. The fourth-order valence-electron chi connectivity index (χ4n) is 4.17. The molecule has 0 aliphatic heterocycles. The molecule has 0 aliphatic carbocycles. The van der Waals surface area contributed by atoms with E-state index in [2.05, 4.69) is 97.1 Å². The maximum absolute atomic E-state index is 4.94. The molecule has 0 N–H and O–H groups in total. The van der Waals surface area contributed by atoms with Crippen molar-refractivity contribution in [2.24, 2.45) is 0 Å². The van der Waals surface area contributed by atoms with Crippen LogP contribution in [-0.4, -0.2) is 9.97 Å². The molecule has 2 nitrogen and oxygen atoms in total. The predicted molar refractivity (Wildman–Crippen MR) is 136 cm³/mol. The van der Waals surface area contributed by atoms with Crippen LogP contribution in [0.15, 0.2) is 103 Å². The van der Waals surface area contributed by atoms with Crippen molar-refractivity contribution >= 4 is 31.5 Å². The molecule has 4 aromatic carbocycles. The average molecular weight is 429 g/mol. The molecule has 0 saturated heterocycles. The molecule has 6 rings (SSSR count). The summed E-state index contributed by atoms with van der Waals surface area (Å²) in [6.45, 7) is 2.03. The molecule has 32 heavy (non-hydrogen) atoms. The van der Waals surface area contributed by atoms with Crippen LogP contribution in [0.1, 0.15) is 5.69 Å². The van der Waals surface area contributed by atoms with E-state index in [1.807, 2.05) is 24.3 Å². The Morgan fingerprint density at radius 2 is 1.19 bits per heavy atom. The first kappa shape index (κ1) is 18.9. The van der Waals surface area contributed by atoms with Crippen molar-refractivity contribution in [3.8, 4) is 33.8 Å². The summed E-state index contributed by atoms with van der Waals surface area (Å²) in [6, 6.07) is 36.2. The summed E-state index contributed by atoms with van der Waals surface area (Å²) in [7, 11) is 0. The third-order valence-corrected chi connectivity index (χ3v) is 6.93. The maximum atomic E-state index is 4.94. The van der Waals surface area contributed by atoms with Crippen LogP contribution in [0.3, 0.4) is 0 Å². The van der Waals surface area contributed by atoms with Gasteiger partial charge in [0.2, 0.25) is 0 Å². The van der Waals surface area contributed by atoms with E-state index >= 15 is 0 Å². The van der Waals surface area contributed by atoms with E-state index in [0.29, 0.717) is 0 Å². The lowest BCUT2D eigenvalue weighted by Crippen LogP contribution is -1.95. The van der Waals surface area contributed by atoms with E-state index < -0.39 is 0 Å². The molecular weight excluding hydrogens is 408 g/mol. The van der Waals surface area contributed by atoms with Gasteiger partial charge in [0.1, 0.15) is 0 Å². The number of aromatic nitrogens is 2. The Morgan fingerprint density at radius 1 is 0.531 bits per heavy atom. The summed E-state index contributed by atoms with van der Waals surface area (Å²) < 4.78 is 2.62. The van der Waals surface area contributed by atoms with Gasteiger partial charge in [0.15, 0.2) is 5.82 Å². The van der Waals surface area contributed by atoms with Gasteiger partial charge in [-0.1, -0.05) is 78.9 Å². The number of aryl methyl sites for hydroxylation is 1. The van der Waals surface area contributed by atoms with E-state index in [9.17, 15) is 0 Å². The minimum atomic E-state index is 0.759. The smallest absolute Gasteiger partial charge is 0.160 e. The second-order valence-corrected chi connectivity index (χ2v) is 9.05. The molecule has 0 aliphatic rings.